The molecule has 9 heteroatoms. The lowest BCUT2D eigenvalue weighted by Gasteiger charge is -2.37. The molecule has 0 aliphatic carbocycles. The summed E-state index contributed by atoms with van der Waals surface area (Å²) in [7, 11) is -2.44. The molecule has 2 aliphatic heterocycles. The van der Waals surface area contributed by atoms with Crippen LogP contribution in [0.15, 0.2) is 36.5 Å². The zero-order valence-electron chi connectivity index (χ0n) is 17.2. The van der Waals surface area contributed by atoms with Crippen molar-refractivity contribution in [2.75, 3.05) is 42.5 Å². The van der Waals surface area contributed by atoms with E-state index >= 15 is 0 Å². The van der Waals surface area contributed by atoms with Crippen LogP contribution in [0.2, 0.25) is 0 Å². The van der Waals surface area contributed by atoms with Gasteiger partial charge in [0.05, 0.1) is 12.2 Å². The Morgan fingerprint density at radius 1 is 1.03 bits per heavy atom. The molecule has 0 bridgehead atoms. The van der Waals surface area contributed by atoms with Gasteiger partial charge < -0.3 is 24.1 Å². The summed E-state index contributed by atoms with van der Waals surface area (Å²) in [6.45, 7) is 8.09. The molecule has 0 spiro atoms. The predicted molar refractivity (Wildman–Crippen MR) is 117 cm³/mol. The Kier molecular flexibility index (Phi) is 6.20. The van der Waals surface area contributed by atoms with Crippen LogP contribution in [-0.4, -0.2) is 64.3 Å². The number of anilines is 2. The first-order valence-electron chi connectivity index (χ1n) is 10.1. The zero-order valence-corrected chi connectivity index (χ0v) is 18.1. The molecule has 30 heavy (non-hydrogen) atoms. The Morgan fingerprint density at radius 2 is 1.80 bits per heavy atom. The molecule has 2 aromatic rings. The second-order valence-electron chi connectivity index (χ2n) is 7.78. The van der Waals surface area contributed by atoms with Crippen molar-refractivity contribution < 1.29 is 19.1 Å². The van der Waals surface area contributed by atoms with Gasteiger partial charge in [-0.1, -0.05) is 6.07 Å². The molecule has 0 radical (unpaired) electrons. The molecular weight excluding hydrogens is 403 g/mol. The molecule has 1 amide bonds. The third-order valence-corrected chi connectivity index (χ3v) is 6.34. The van der Waals surface area contributed by atoms with E-state index in [2.05, 4.69) is 40.8 Å². The third-order valence-electron chi connectivity index (χ3n) is 5.97. The lowest BCUT2D eigenvalue weighted by atomic mass is 10.1. The highest BCUT2D eigenvalue weighted by Crippen LogP contribution is 2.30. The summed E-state index contributed by atoms with van der Waals surface area (Å²) in [6.07, 6.45) is 2.34. The van der Waals surface area contributed by atoms with Gasteiger partial charge in [-0.05, 0) is 55.7 Å². The maximum absolute atomic E-state index is 13.1. The molecule has 8 nitrogen and oxygen atoms in total. The molecule has 0 saturated carbocycles. The highest BCUT2D eigenvalue weighted by atomic mass is 31.2. The number of nitrogens with zero attached hydrogens (tertiary/aromatic N) is 4. The van der Waals surface area contributed by atoms with Crippen LogP contribution >= 0.6 is 8.60 Å². The van der Waals surface area contributed by atoms with Crippen molar-refractivity contribution in [2.45, 2.75) is 26.3 Å². The summed E-state index contributed by atoms with van der Waals surface area (Å²) >= 11 is 0. The highest BCUT2D eigenvalue weighted by Gasteiger charge is 2.37. The normalized spacial score (nSPS) is 20.3. The molecule has 160 valence electrons. The SMILES string of the molecule is Cc1ccc(N2CCC(N3CCN(c4ccc(OP(O)O)cn4)CC3)C2=O)cc1C. The molecule has 1 unspecified atom stereocenters. The monoisotopic (exact) mass is 430 g/mol. The Morgan fingerprint density at radius 3 is 2.43 bits per heavy atom. The van der Waals surface area contributed by atoms with Crippen LogP contribution in [0.3, 0.4) is 0 Å². The Balaban J connectivity index is 1.35. The first-order valence-corrected chi connectivity index (χ1v) is 11.3. The van der Waals surface area contributed by atoms with Gasteiger partial charge in [-0.3, -0.25) is 9.69 Å². The Bertz CT molecular complexity index is 900. The van der Waals surface area contributed by atoms with Gasteiger partial charge in [0.1, 0.15) is 11.6 Å². The summed E-state index contributed by atoms with van der Waals surface area (Å²) in [6, 6.07) is 9.64. The second kappa shape index (κ2) is 8.86. The topological polar surface area (TPSA) is 89.4 Å². The number of aryl methyl sites for hydroxylation is 2. The van der Waals surface area contributed by atoms with Crippen molar-refractivity contribution in [1.82, 2.24) is 9.88 Å². The number of piperazine rings is 1. The summed E-state index contributed by atoms with van der Waals surface area (Å²) < 4.78 is 4.86. The Labute approximate surface area is 177 Å². The number of rotatable bonds is 5. The number of pyridine rings is 1. The van der Waals surface area contributed by atoms with Crippen molar-refractivity contribution in [3.05, 3.63) is 47.7 Å². The smallest absolute Gasteiger partial charge is 0.391 e. The van der Waals surface area contributed by atoms with Gasteiger partial charge >= 0.3 is 8.60 Å². The molecule has 1 atom stereocenters. The van der Waals surface area contributed by atoms with Gasteiger partial charge in [-0.2, -0.15) is 0 Å². The van der Waals surface area contributed by atoms with E-state index in [0.29, 0.717) is 5.75 Å². The van der Waals surface area contributed by atoms with E-state index < -0.39 is 8.60 Å². The van der Waals surface area contributed by atoms with E-state index in [1.165, 1.54) is 17.3 Å². The molecule has 1 aromatic carbocycles. The number of aromatic nitrogens is 1. The molecule has 4 rings (SSSR count). The van der Waals surface area contributed by atoms with Crippen molar-refractivity contribution >= 4 is 26.0 Å². The first kappa shape index (κ1) is 21.0. The van der Waals surface area contributed by atoms with E-state index in [0.717, 1.165) is 50.6 Å². The molecule has 3 heterocycles. The number of benzene rings is 1. The van der Waals surface area contributed by atoms with Gasteiger partial charge in [0, 0.05) is 38.4 Å². The minimum absolute atomic E-state index is 0.0640. The van der Waals surface area contributed by atoms with Gasteiger partial charge in [0.2, 0.25) is 5.91 Å². The molecule has 2 saturated heterocycles. The number of carbonyl (C=O) groups excluding carboxylic acids is 1. The number of carbonyl (C=O) groups is 1. The number of amides is 1. The van der Waals surface area contributed by atoms with Crippen molar-refractivity contribution in [1.29, 1.82) is 0 Å². The third kappa shape index (κ3) is 4.42. The van der Waals surface area contributed by atoms with Crippen LogP contribution in [0.5, 0.6) is 5.75 Å². The van der Waals surface area contributed by atoms with Crippen LogP contribution in [0.1, 0.15) is 17.5 Å². The number of hydrogen-bond donors (Lipinski definition) is 2. The summed E-state index contributed by atoms with van der Waals surface area (Å²) in [5.41, 5.74) is 3.43. The Hall–Kier alpha value is -2.25. The first-order chi connectivity index (χ1) is 14.4. The van der Waals surface area contributed by atoms with Crippen LogP contribution in [-0.2, 0) is 4.79 Å². The predicted octanol–water partition coefficient (Wildman–Crippen LogP) is 2.22. The molecular formula is C21H27N4O4P. The zero-order chi connectivity index (χ0) is 21.3. The van der Waals surface area contributed by atoms with Gasteiger partial charge in [-0.25, -0.2) is 4.98 Å². The van der Waals surface area contributed by atoms with Crippen molar-refractivity contribution in [2.24, 2.45) is 0 Å². The quantitative estimate of drug-likeness (QED) is 0.703. The average molecular weight is 430 g/mol. The highest BCUT2D eigenvalue weighted by molar-refractivity contribution is 7.39. The number of hydrogen-bond acceptors (Lipinski definition) is 7. The van der Waals surface area contributed by atoms with Crippen LogP contribution in [0, 0.1) is 13.8 Å². The van der Waals surface area contributed by atoms with E-state index in [1.54, 1.807) is 6.07 Å². The van der Waals surface area contributed by atoms with E-state index in [9.17, 15) is 4.79 Å². The van der Waals surface area contributed by atoms with Gasteiger partial charge in [0.15, 0.2) is 0 Å². The van der Waals surface area contributed by atoms with Crippen molar-refractivity contribution in [3.63, 3.8) is 0 Å². The largest absolute Gasteiger partial charge is 0.425 e. The molecule has 2 fully saturated rings. The standard InChI is InChI=1S/C21H27N4O4P/c1-15-3-4-17(13-16(15)2)25-8-7-19(21(25)26)23-9-11-24(12-10-23)20-6-5-18(14-22-20)29-30(27)28/h3-6,13-14,19,27-28H,7-12H2,1-2H3. The second-order valence-corrected chi connectivity index (χ2v) is 8.47. The van der Waals surface area contributed by atoms with E-state index in [1.807, 2.05) is 17.0 Å². The van der Waals surface area contributed by atoms with Gasteiger partial charge in [0.25, 0.3) is 0 Å². The minimum atomic E-state index is -2.44. The van der Waals surface area contributed by atoms with Crippen LogP contribution in [0.4, 0.5) is 11.5 Å². The minimum Gasteiger partial charge on any atom is -0.425 e. The fraction of sp³-hybridized carbons (Fsp3) is 0.429. The van der Waals surface area contributed by atoms with E-state index in [-0.39, 0.29) is 11.9 Å². The lowest BCUT2D eigenvalue weighted by molar-refractivity contribution is -0.121. The summed E-state index contributed by atoms with van der Waals surface area (Å²) in [5, 5.41) is 0. The van der Waals surface area contributed by atoms with E-state index in [4.69, 9.17) is 14.3 Å². The maximum atomic E-state index is 13.1. The molecule has 2 aliphatic rings. The van der Waals surface area contributed by atoms with Crippen LogP contribution in [0.25, 0.3) is 0 Å². The fourth-order valence-corrected chi connectivity index (χ4v) is 4.42. The summed E-state index contributed by atoms with van der Waals surface area (Å²) in [4.78, 5) is 41.6. The lowest BCUT2D eigenvalue weighted by Crippen LogP contribution is -2.52. The summed E-state index contributed by atoms with van der Waals surface area (Å²) in [5.74, 6) is 1.34. The molecule has 2 N–H and O–H groups in total. The van der Waals surface area contributed by atoms with Crippen molar-refractivity contribution in [3.8, 4) is 5.75 Å². The average Bonchev–Trinajstić information content (AvgIpc) is 3.12. The van der Waals surface area contributed by atoms with Gasteiger partial charge in [-0.15, -0.1) is 0 Å². The maximum Gasteiger partial charge on any atom is 0.391 e. The fourth-order valence-electron chi connectivity index (χ4n) is 4.12. The van der Waals surface area contributed by atoms with Crippen LogP contribution < -0.4 is 14.3 Å². The molecule has 1 aromatic heterocycles.